The van der Waals surface area contributed by atoms with E-state index in [0.717, 1.165) is 5.69 Å². The molecule has 2 amide bonds. The number of carbonyl (C=O) groups excluding carboxylic acids is 2. The molecule has 0 unspecified atom stereocenters. The van der Waals surface area contributed by atoms with Gasteiger partial charge in [-0.05, 0) is 12.1 Å². The summed E-state index contributed by atoms with van der Waals surface area (Å²) in [7, 11) is 0. The minimum absolute atomic E-state index is 0.0636. The molecule has 2 aromatic rings. The standard InChI is InChI=1S/C19H19N5O3/c25-16-10-15-19(24(16)8-9-27-19)6-7-23(15)17(26)13-11-20-18(21-12-13)22-14-4-2-1-3-5-14/h1-5,11-12,15H,6-10H2,(H,20,21,22)/t15-,19+/m1/s1. The molecule has 0 bridgehead atoms. The van der Waals surface area contributed by atoms with E-state index in [0.29, 0.717) is 44.0 Å². The van der Waals surface area contributed by atoms with Gasteiger partial charge in [0.25, 0.3) is 5.91 Å². The van der Waals surface area contributed by atoms with Crippen molar-refractivity contribution >= 4 is 23.5 Å². The van der Waals surface area contributed by atoms with Crippen molar-refractivity contribution in [3.63, 3.8) is 0 Å². The lowest BCUT2D eigenvalue weighted by Gasteiger charge is -2.31. The largest absolute Gasteiger partial charge is 0.351 e. The maximum Gasteiger partial charge on any atom is 0.257 e. The summed E-state index contributed by atoms with van der Waals surface area (Å²) in [6.07, 6.45) is 4.02. The highest BCUT2D eigenvalue weighted by molar-refractivity contribution is 5.95. The Labute approximate surface area is 156 Å². The molecule has 0 saturated carbocycles. The quantitative estimate of drug-likeness (QED) is 0.885. The number of benzene rings is 1. The van der Waals surface area contributed by atoms with E-state index < -0.39 is 5.72 Å². The molecule has 0 aliphatic carbocycles. The number of ether oxygens (including phenoxy) is 1. The van der Waals surface area contributed by atoms with Crippen molar-refractivity contribution < 1.29 is 14.3 Å². The van der Waals surface area contributed by atoms with Gasteiger partial charge in [-0.25, -0.2) is 9.97 Å². The highest BCUT2D eigenvalue weighted by Crippen LogP contribution is 2.45. The van der Waals surface area contributed by atoms with Gasteiger partial charge in [-0.3, -0.25) is 9.59 Å². The number of amides is 2. The summed E-state index contributed by atoms with van der Waals surface area (Å²) < 4.78 is 5.93. The molecule has 3 saturated heterocycles. The van der Waals surface area contributed by atoms with Crippen LogP contribution in [-0.4, -0.2) is 63.0 Å². The molecule has 1 aromatic carbocycles. The fourth-order valence-corrected chi connectivity index (χ4v) is 4.35. The third kappa shape index (κ3) is 2.48. The highest BCUT2D eigenvalue weighted by atomic mass is 16.5. The maximum atomic E-state index is 13.0. The van der Waals surface area contributed by atoms with Gasteiger partial charge in [0.2, 0.25) is 11.9 Å². The van der Waals surface area contributed by atoms with Crippen molar-refractivity contribution in [1.82, 2.24) is 19.8 Å². The maximum absolute atomic E-state index is 13.0. The van der Waals surface area contributed by atoms with E-state index in [1.165, 1.54) is 12.4 Å². The Balaban J connectivity index is 1.34. The van der Waals surface area contributed by atoms with Crippen LogP contribution in [0.3, 0.4) is 0 Å². The highest BCUT2D eigenvalue weighted by Gasteiger charge is 2.62. The van der Waals surface area contributed by atoms with Gasteiger partial charge in [0.1, 0.15) is 0 Å². The van der Waals surface area contributed by atoms with E-state index >= 15 is 0 Å². The fourth-order valence-electron chi connectivity index (χ4n) is 4.35. The van der Waals surface area contributed by atoms with Gasteiger partial charge < -0.3 is 19.9 Å². The normalized spacial score (nSPS) is 26.2. The Bertz CT molecular complexity index is 888. The molecular weight excluding hydrogens is 346 g/mol. The molecule has 1 aromatic heterocycles. The van der Waals surface area contributed by atoms with Crippen LogP contribution in [0.2, 0.25) is 0 Å². The summed E-state index contributed by atoms with van der Waals surface area (Å²) in [6.45, 7) is 1.71. The third-order valence-corrected chi connectivity index (χ3v) is 5.59. The fraction of sp³-hybridized carbons (Fsp3) is 0.368. The SMILES string of the molecule is O=C(c1cnc(Nc2ccccc2)nc1)N1CC[C@@]23OCCN2C(=O)C[C@@H]13. The first-order valence-electron chi connectivity index (χ1n) is 9.07. The molecule has 2 atom stereocenters. The van der Waals surface area contributed by atoms with Crippen LogP contribution in [0.15, 0.2) is 42.7 Å². The van der Waals surface area contributed by atoms with Gasteiger partial charge >= 0.3 is 0 Å². The minimum Gasteiger partial charge on any atom is -0.351 e. The number of nitrogens with zero attached hydrogens (tertiary/aromatic N) is 4. The van der Waals surface area contributed by atoms with Gasteiger partial charge in [-0.2, -0.15) is 0 Å². The molecule has 8 heteroatoms. The number of rotatable bonds is 3. The Kier molecular flexibility index (Phi) is 3.61. The van der Waals surface area contributed by atoms with E-state index in [-0.39, 0.29) is 17.9 Å². The van der Waals surface area contributed by atoms with Gasteiger partial charge in [-0.15, -0.1) is 0 Å². The molecular formula is C19H19N5O3. The predicted molar refractivity (Wildman–Crippen MR) is 96.2 cm³/mol. The molecule has 1 spiro atoms. The third-order valence-electron chi connectivity index (χ3n) is 5.59. The van der Waals surface area contributed by atoms with E-state index in [2.05, 4.69) is 15.3 Å². The lowest BCUT2D eigenvalue weighted by molar-refractivity contribution is -0.136. The zero-order valence-electron chi connectivity index (χ0n) is 14.7. The monoisotopic (exact) mass is 365 g/mol. The van der Waals surface area contributed by atoms with Gasteiger partial charge in [0.15, 0.2) is 5.72 Å². The first-order valence-corrected chi connectivity index (χ1v) is 9.07. The van der Waals surface area contributed by atoms with E-state index in [1.54, 1.807) is 9.80 Å². The van der Waals surface area contributed by atoms with Crippen LogP contribution in [0.4, 0.5) is 11.6 Å². The number of para-hydroxylation sites is 1. The Morgan fingerprint density at radius 2 is 1.96 bits per heavy atom. The van der Waals surface area contributed by atoms with Gasteiger partial charge in [0, 0.05) is 37.6 Å². The number of carbonyl (C=O) groups is 2. The molecule has 3 aliphatic heterocycles. The zero-order valence-corrected chi connectivity index (χ0v) is 14.7. The summed E-state index contributed by atoms with van der Waals surface area (Å²) in [6, 6.07) is 9.36. The Hall–Kier alpha value is -3.00. The van der Waals surface area contributed by atoms with E-state index in [1.807, 2.05) is 30.3 Å². The number of nitrogens with one attached hydrogen (secondary N) is 1. The van der Waals surface area contributed by atoms with Crippen LogP contribution in [0, 0.1) is 0 Å². The molecule has 27 heavy (non-hydrogen) atoms. The van der Waals surface area contributed by atoms with Gasteiger partial charge in [0.05, 0.1) is 24.6 Å². The number of anilines is 2. The van der Waals surface area contributed by atoms with Crippen molar-refractivity contribution in [2.24, 2.45) is 0 Å². The van der Waals surface area contributed by atoms with Crippen LogP contribution in [0.1, 0.15) is 23.2 Å². The van der Waals surface area contributed by atoms with E-state index in [4.69, 9.17) is 4.74 Å². The summed E-state index contributed by atoms with van der Waals surface area (Å²) in [4.78, 5) is 37.3. The summed E-state index contributed by atoms with van der Waals surface area (Å²) in [5.74, 6) is 0.332. The number of hydrogen-bond acceptors (Lipinski definition) is 6. The lowest BCUT2D eigenvalue weighted by atomic mass is 10.1. The van der Waals surface area contributed by atoms with Crippen molar-refractivity contribution in [2.75, 3.05) is 25.0 Å². The van der Waals surface area contributed by atoms with Crippen molar-refractivity contribution in [2.45, 2.75) is 24.6 Å². The number of hydrogen-bond donors (Lipinski definition) is 1. The number of aromatic nitrogens is 2. The Morgan fingerprint density at radius 1 is 1.19 bits per heavy atom. The molecule has 5 rings (SSSR count). The van der Waals surface area contributed by atoms with Crippen LogP contribution in [0.25, 0.3) is 0 Å². The minimum atomic E-state index is -0.623. The summed E-state index contributed by atoms with van der Waals surface area (Å²) in [5, 5.41) is 3.09. The molecule has 138 valence electrons. The van der Waals surface area contributed by atoms with Gasteiger partial charge in [-0.1, -0.05) is 18.2 Å². The molecule has 1 N–H and O–H groups in total. The average Bonchev–Trinajstić information content (AvgIpc) is 3.34. The zero-order chi connectivity index (χ0) is 18.4. The summed E-state index contributed by atoms with van der Waals surface area (Å²) >= 11 is 0. The second-order valence-corrected chi connectivity index (χ2v) is 6.99. The van der Waals surface area contributed by atoms with Crippen LogP contribution < -0.4 is 5.32 Å². The Morgan fingerprint density at radius 3 is 2.74 bits per heavy atom. The van der Waals surface area contributed by atoms with Crippen molar-refractivity contribution in [1.29, 1.82) is 0 Å². The molecule has 0 radical (unpaired) electrons. The second kappa shape index (κ2) is 6.02. The molecule has 4 heterocycles. The lowest BCUT2D eigenvalue weighted by Crippen LogP contribution is -2.48. The van der Waals surface area contributed by atoms with Crippen LogP contribution in [0.5, 0.6) is 0 Å². The van der Waals surface area contributed by atoms with Crippen molar-refractivity contribution in [3.05, 3.63) is 48.3 Å². The second-order valence-electron chi connectivity index (χ2n) is 6.99. The molecule has 8 nitrogen and oxygen atoms in total. The smallest absolute Gasteiger partial charge is 0.257 e. The number of likely N-dealkylation sites (tertiary alicyclic amines) is 1. The van der Waals surface area contributed by atoms with E-state index in [9.17, 15) is 9.59 Å². The van der Waals surface area contributed by atoms with Crippen LogP contribution in [-0.2, 0) is 9.53 Å². The molecule has 3 aliphatic rings. The van der Waals surface area contributed by atoms with Crippen molar-refractivity contribution in [3.8, 4) is 0 Å². The van der Waals surface area contributed by atoms with Crippen LogP contribution >= 0.6 is 0 Å². The first-order chi connectivity index (χ1) is 13.2. The first kappa shape index (κ1) is 16.2. The average molecular weight is 365 g/mol. The summed E-state index contributed by atoms with van der Waals surface area (Å²) in [5.41, 5.74) is 0.665. The topological polar surface area (TPSA) is 87.7 Å². The molecule has 3 fully saturated rings. The predicted octanol–water partition coefficient (Wildman–Crippen LogP) is 1.39.